The zero-order valence-corrected chi connectivity index (χ0v) is 11.2. The van der Waals surface area contributed by atoms with Crippen LogP contribution in [-0.4, -0.2) is 26.5 Å². The van der Waals surface area contributed by atoms with Crippen molar-refractivity contribution in [2.24, 2.45) is 0 Å². The molecule has 0 amide bonds. The van der Waals surface area contributed by atoms with E-state index in [1.807, 2.05) is 25.3 Å². The average Bonchev–Trinajstić information content (AvgIpc) is 2.83. The summed E-state index contributed by atoms with van der Waals surface area (Å²) in [6.07, 6.45) is 7.50. The first kappa shape index (κ1) is 12.0. The Hall–Kier alpha value is -2.04. The highest BCUT2D eigenvalue weighted by Crippen LogP contribution is 2.38. The van der Waals surface area contributed by atoms with Gasteiger partial charge in [0, 0.05) is 30.8 Å². The van der Waals surface area contributed by atoms with Crippen LogP contribution < -0.4 is 4.90 Å². The van der Waals surface area contributed by atoms with Crippen LogP contribution in [-0.2, 0) is 5.54 Å². The number of aryl methyl sites for hydroxylation is 1. The molecule has 3 heterocycles. The van der Waals surface area contributed by atoms with E-state index in [1.54, 1.807) is 12.4 Å². The van der Waals surface area contributed by atoms with Gasteiger partial charge in [0.1, 0.15) is 5.54 Å². The molecule has 2 aromatic rings. The van der Waals surface area contributed by atoms with Gasteiger partial charge in [0.25, 0.3) is 0 Å². The van der Waals surface area contributed by atoms with Crippen LogP contribution in [0.5, 0.6) is 0 Å². The molecule has 1 aliphatic rings. The summed E-state index contributed by atoms with van der Waals surface area (Å²) in [5.74, 6) is 1.62. The van der Waals surface area contributed by atoms with Gasteiger partial charge in [-0.05, 0) is 38.8 Å². The Morgan fingerprint density at radius 2 is 1.95 bits per heavy atom. The van der Waals surface area contributed by atoms with Gasteiger partial charge in [0.15, 0.2) is 5.82 Å². The van der Waals surface area contributed by atoms with Gasteiger partial charge < -0.3 is 4.90 Å². The number of aromatic nitrogens is 4. The van der Waals surface area contributed by atoms with Crippen LogP contribution in [0.25, 0.3) is 0 Å². The molecule has 0 radical (unpaired) electrons. The second kappa shape index (κ2) is 4.57. The average molecular weight is 255 g/mol. The fourth-order valence-electron chi connectivity index (χ4n) is 2.66. The van der Waals surface area contributed by atoms with Gasteiger partial charge in [0.2, 0.25) is 5.95 Å². The van der Waals surface area contributed by atoms with E-state index >= 15 is 0 Å². The van der Waals surface area contributed by atoms with Gasteiger partial charge in [-0.1, -0.05) is 0 Å². The van der Waals surface area contributed by atoms with E-state index in [0.717, 1.165) is 36.9 Å². The Kier molecular flexibility index (Phi) is 2.89. The van der Waals surface area contributed by atoms with E-state index in [9.17, 15) is 0 Å². The maximum absolute atomic E-state index is 4.59. The van der Waals surface area contributed by atoms with E-state index in [1.165, 1.54) is 0 Å². The van der Waals surface area contributed by atoms with Crippen molar-refractivity contribution in [1.29, 1.82) is 0 Å². The molecular formula is C14H17N5. The topological polar surface area (TPSA) is 54.8 Å². The molecular weight excluding hydrogens is 238 g/mol. The summed E-state index contributed by atoms with van der Waals surface area (Å²) < 4.78 is 0. The number of nitrogens with zero attached hydrogens (tertiary/aromatic N) is 5. The molecule has 1 fully saturated rings. The molecule has 0 bridgehead atoms. The normalized spacial score (nSPS) is 22.7. The van der Waals surface area contributed by atoms with Crippen molar-refractivity contribution in [3.05, 3.63) is 42.2 Å². The van der Waals surface area contributed by atoms with Gasteiger partial charge >= 0.3 is 0 Å². The molecule has 0 N–H and O–H groups in total. The van der Waals surface area contributed by atoms with Gasteiger partial charge in [-0.3, -0.25) is 0 Å². The third-order valence-electron chi connectivity index (χ3n) is 3.71. The molecule has 1 aliphatic heterocycles. The second-order valence-corrected chi connectivity index (χ2v) is 5.10. The van der Waals surface area contributed by atoms with Crippen LogP contribution in [0.2, 0.25) is 0 Å². The summed E-state index contributed by atoms with van der Waals surface area (Å²) in [6.45, 7) is 5.11. The molecule has 0 spiro atoms. The van der Waals surface area contributed by atoms with E-state index in [-0.39, 0.29) is 5.54 Å². The SMILES string of the molecule is Cc1ccnc(C2(C)CCCN2c2ncccn2)n1. The minimum absolute atomic E-state index is 0.215. The summed E-state index contributed by atoms with van der Waals surface area (Å²) in [7, 11) is 0. The molecule has 1 saturated heterocycles. The van der Waals surface area contributed by atoms with Crippen molar-refractivity contribution in [3.63, 3.8) is 0 Å². The molecule has 0 saturated carbocycles. The van der Waals surface area contributed by atoms with E-state index in [2.05, 4.69) is 31.8 Å². The zero-order valence-electron chi connectivity index (χ0n) is 11.2. The lowest BCUT2D eigenvalue weighted by Crippen LogP contribution is -2.41. The maximum atomic E-state index is 4.59. The van der Waals surface area contributed by atoms with Crippen LogP contribution in [0.4, 0.5) is 5.95 Å². The van der Waals surface area contributed by atoms with Crippen LogP contribution >= 0.6 is 0 Å². The quantitative estimate of drug-likeness (QED) is 0.822. The van der Waals surface area contributed by atoms with Gasteiger partial charge in [-0.15, -0.1) is 0 Å². The highest BCUT2D eigenvalue weighted by atomic mass is 15.3. The third kappa shape index (κ3) is 2.05. The molecule has 0 aliphatic carbocycles. The molecule has 1 unspecified atom stereocenters. The fourth-order valence-corrected chi connectivity index (χ4v) is 2.66. The zero-order chi connectivity index (χ0) is 13.3. The first-order valence-corrected chi connectivity index (χ1v) is 6.55. The van der Waals surface area contributed by atoms with Crippen molar-refractivity contribution < 1.29 is 0 Å². The van der Waals surface area contributed by atoms with Gasteiger partial charge in [-0.25, -0.2) is 19.9 Å². The molecule has 3 rings (SSSR count). The summed E-state index contributed by atoms with van der Waals surface area (Å²) >= 11 is 0. The second-order valence-electron chi connectivity index (χ2n) is 5.10. The molecule has 1 atom stereocenters. The Balaban J connectivity index is 2.02. The van der Waals surface area contributed by atoms with Crippen molar-refractivity contribution in [2.45, 2.75) is 32.2 Å². The van der Waals surface area contributed by atoms with Crippen LogP contribution in [0.15, 0.2) is 30.7 Å². The first-order valence-electron chi connectivity index (χ1n) is 6.55. The van der Waals surface area contributed by atoms with Crippen molar-refractivity contribution >= 4 is 5.95 Å². The van der Waals surface area contributed by atoms with Crippen LogP contribution in [0.3, 0.4) is 0 Å². The largest absolute Gasteiger partial charge is 0.328 e. The summed E-state index contributed by atoms with van der Waals surface area (Å²) in [5.41, 5.74) is 0.778. The highest BCUT2D eigenvalue weighted by molar-refractivity contribution is 5.38. The minimum atomic E-state index is -0.215. The van der Waals surface area contributed by atoms with Gasteiger partial charge in [0.05, 0.1) is 0 Å². The predicted octanol–water partition coefficient (Wildman–Crippen LogP) is 2.09. The summed E-state index contributed by atoms with van der Waals surface area (Å²) in [6, 6.07) is 3.76. The number of hydrogen-bond donors (Lipinski definition) is 0. The maximum Gasteiger partial charge on any atom is 0.226 e. The molecule has 0 aromatic carbocycles. The molecule has 5 heteroatoms. The van der Waals surface area contributed by atoms with Crippen molar-refractivity contribution in [1.82, 2.24) is 19.9 Å². The van der Waals surface area contributed by atoms with Crippen molar-refractivity contribution in [2.75, 3.05) is 11.4 Å². The number of hydrogen-bond acceptors (Lipinski definition) is 5. The Bertz CT molecular complexity index is 571. The molecule has 98 valence electrons. The lowest BCUT2D eigenvalue weighted by Gasteiger charge is -2.33. The Morgan fingerprint density at radius 3 is 2.68 bits per heavy atom. The molecule has 2 aromatic heterocycles. The van der Waals surface area contributed by atoms with E-state index < -0.39 is 0 Å². The predicted molar refractivity (Wildman–Crippen MR) is 72.7 cm³/mol. The Labute approximate surface area is 112 Å². The number of anilines is 1. The molecule has 5 nitrogen and oxygen atoms in total. The first-order chi connectivity index (χ1) is 9.20. The monoisotopic (exact) mass is 255 g/mol. The van der Waals surface area contributed by atoms with E-state index in [0.29, 0.717) is 0 Å². The standard InChI is InChI=1S/C14H17N5/c1-11-5-9-15-12(18-11)14(2)6-3-10-19(14)13-16-7-4-8-17-13/h4-5,7-9H,3,6,10H2,1-2H3. The lowest BCUT2D eigenvalue weighted by atomic mass is 9.98. The van der Waals surface area contributed by atoms with Crippen LogP contribution in [0, 0.1) is 6.92 Å². The van der Waals surface area contributed by atoms with Crippen molar-refractivity contribution in [3.8, 4) is 0 Å². The van der Waals surface area contributed by atoms with Gasteiger partial charge in [-0.2, -0.15) is 0 Å². The lowest BCUT2D eigenvalue weighted by molar-refractivity contribution is 0.453. The van der Waals surface area contributed by atoms with E-state index in [4.69, 9.17) is 0 Å². The highest BCUT2D eigenvalue weighted by Gasteiger charge is 2.42. The Morgan fingerprint density at radius 1 is 1.16 bits per heavy atom. The third-order valence-corrected chi connectivity index (χ3v) is 3.71. The number of rotatable bonds is 2. The molecule has 19 heavy (non-hydrogen) atoms. The summed E-state index contributed by atoms with van der Waals surface area (Å²) in [4.78, 5) is 20.0. The minimum Gasteiger partial charge on any atom is -0.328 e. The summed E-state index contributed by atoms with van der Waals surface area (Å²) in [5, 5.41) is 0. The van der Waals surface area contributed by atoms with Crippen LogP contribution in [0.1, 0.15) is 31.3 Å². The smallest absolute Gasteiger partial charge is 0.226 e. The fraction of sp³-hybridized carbons (Fsp3) is 0.429.